The normalized spacial score (nSPS) is 20.4. The minimum absolute atomic E-state index is 0.319. The maximum Gasteiger partial charge on any atom is 0.408 e. The van der Waals surface area contributed by atoms with Gasteiger partial charge in [-0.1, -0.05) is 0 Å². The van der Waals surface area contributed by atoms with E-state index in [1.807, 2.05) is 34.6 Å². The van der Waals surface area contributed by atoms with Gasteiger partial charge in [0.25, 0.3) is 0 Å². The molecule has 1 aliphatic heterocycles. The van der Waals surface area contributed by atoms with Crippen molar-refractivity contribution >= 4 is 6.09 Å². The Bertz CT molecular complexity index is 292. The van der Waals surface area contributed by atoms with E-state index < -0.39 is 5.60 Å². The van der Waals surface area contributed by atoms with Crippen LogP contribution in [0.25, 0.3) is 0 Å². The quantitative estimate of drug-likeness (QED) is 0.711. The molecule has 0 aromatic rings. The molecule has 0 spiro atoms. The number of nitrogens with one attached hydrogen (secondary N) is 3. The van der Waals surface area contributed by atoms with Crippen molar-refractivity contribution in [3.63, 3.8) is 0 Å². The van der Waals surface area contributed by atoms with Crippen LogP contribution >= 0.6 is 0 Å². The predicted molar refractivity (Wildman–Crippen MR) is 77.3 cm³/mol. The van der Waals surface area contributed by atoms with Gasteiger partial charge in [-0.2, -0.15) is 0 Å². The Morgan fingerprint density at radius 1 is 1.32 bits per heavy atom. The lowest BCUT2D eigenvalue weighted by Gasteiger charge is -2.29. The molecule has 1 fully saturated rings. The van der Waals surface area contributed by atoms with Crippen LogP contribution in [-0.4, -0.2) is 42.9 Å². The van der Waals surface area contributed by atoms with Gasteiger partial charge in [-0.05, 0) is 54.0 Å². The molecular weight excluding hydrogens is 242 g/mol. The Morgan fingerprint density at radius 2 is 2.00 bits per heavy atom. The summed E-state index contributed by atoms with van der Waals surface area (Å²) in [5.41, 5.74) is -0.775. The van der Waals surface area contributed by atoms with Crippen molar-refractivity contribution in [3.05, 3.63) is 0 Å². The number of alkyl carbamates (subject to hydrolysis) is 1. The van der Waals surface area contributed by atoms with Crippen molar-refractivity contribution in [2.75, 3.05) is 19.6 Å². The summed E-state index contributed by atoms with van der Waals surface area (Å²) in [6.45, 7) is 12.4. The Morgan fingerprint density at radius 3 is 2.53 bits per heavy atom. The second-order valence-corrected chi connectivity index (χ2v) is 6.93. The zero-order valence-corrected chi connectivity index (χ0v) is 12.9. The smallest absolute Gasteiger partial charge is 0.408 e. The summed E-state index contributed by atoms with van der Waals surface area (Å²) in [4.78, 5) is 11.7. The predicted octanol–water partition coefficient (Wildman–Crippen LogP) is 1.63. The lowest BCUT2D eigenvalue weighted by Crippen LogP contribution is -2.52. The van der Waals surface area contributed by atoms with Crippen LogP contribution in [0.2, 0.25) is 0 Å². The molecule has 0 saturated carbocycles. The van der Waals surface area contributed by atoms with Crippen LogP contribution in [0.3, 0.4) is 0 Å². The van der Waals surface area contributed by atoms with Crippen molar-refractivity contribution < 1.29 is 9.53 Å². The largest absolute Gasteiger partial charge is 0.444 e. The van der Waals surface area contributed by atoms with E-state index in [4.69, 9.17) is 4.74 Å². The van der Waals surface area contributed by atoms with Gasteiger partial charge in [-0.15, -0.1) is 0 Å². The number of amides is 1. The molecule has 1 unspecified atom stereocenters. The first-order valence-electron chi connectivity index (χ1n) is 7.13. The fraction of sp³-hybridized carbons (Fsp3) is 0.929. The summed E-state index contributed by atoms with van der Waals surface area (Å²) in [5.74, 6) is 0. The van der Waals surface area contributed by atoms with E-state index in [2.05, 4.69) is 16.0 Å². The first kappa shape index (κ1) is 16.2. The lowest BCUT2D eigenvalue weighted by atomic mass is 10.1. The number of rotatable bonds is 5. The van der Waals surface area contributed by atoms with Gasteiger partial charge >= 0.3 is 6.09 Å². The SMILES string of the molecule is CC(C)(CNCC1CCCN1)NC(=O)OC(C)(C)C. The summed E-state index contributed by atoms with van der Waals surface area (Å²) < 4.78 is 5.26. The summed E-state index contributed by atoms with van der Waals surface area (Å²) in [6.07, 6.45) is 2.12. The minimum atomic E-state index is -0.457. The average molecular weight is 271 g/mol. The van der Waals surface area contributed by atoms with E-state index >= 15 is 0 Å². The van der Waals surface area contributed by atoms with Crippen LogP contribution < -0.4 is 16.0 Å². The summed E-state index contributed by atoms with van der Waals surface area (Å²) in [5, 5.41) is 9.74. The number of hydrogen-bond donors (Lipinski definition) is 3. The third-order valence-electron chi connectivity index (χ3n) is 2.96. The highest BCUT2D eigenvalue weighted by Crippen LogP contribution is 2.09. The molecule has 0 bridgehead atoms. The molecule has 1 aliphatic rings. The zero-order chi connectivity index (χ0) is 14.5. The molecule has 0 aromatic carbocycles. The number of ether oxygens (including phenoxy) is 1. The highest BCUT2D eigenvalue weighted by molar-refractivity contribution is 5.68. The van der Waals surface area contributed by atoms with Crippen LogP contribution in [0.4, 0.5) is 4.79 Å². The lowest BCUT2D eigenvalue weighted by molar-refractivity contribution is 0.0472. The maximum atomic E-state index is 11.7. The van der Waals surface area contributed by atoms with Crippen molar-refractivity contribution in [2.24, 2.45) is 0 Å². The molecule has 5 nitrogen and oxygen atoms in total. The molecule has 112 valence electrons. The van der Waals surface area contributed by atoms with Gasteiger partial charge in [0.05, 0.1) is 5.54 Å². The van der Waals surface area contributed by atoms with Gasteiger partial charge in [0.15, 0.2) is 0 Å². The Kier molecular flexibility index (Phi) is 5.62. The molecule has 0 radical (unpaired) electrons. The molecule has 0 aromatic heterocycles. The average Bonchev–Trinajstić information content (AvgIpc) is 2.65. The standard InChI is InChI=1S/C14H29N3O2/c1-13(2,3)19-12(18)17-14(4,5)10-15-9-11-7-6-8-16-11/h11,15-16H,6-10H2,1-5H3,(H,17,18). The van der Waals surface area contributed by atoms with Gasteiger partial charge in [0.1, 0.15) is 5.60 Å². The third kappa shape index (κ3) is 7.38. The van der Waals surface area contributed by atoms with E-state index in [0.717, 1.165) is 19.6 Å². The van der Waals surface area contributed by atoms with Crippen molar-refractivity contribution in [1.82, 2.24) is 16.0 Å². The number of hydrogen-bond acceptors (Lipinski definition) is 4. The molecule has 1 rings (SSSR count). The van der Waals surface area contributed by atoms with E-state index in [1.54, 1.807) is 0 Å². The highest BCUT2D eigenvalue weighted by Gasteiger charge is 2.24. The van der Waals surface area contributed by atoms with Crippen LogP contribution in [0, 0.1) is 0 Å². The van der Waals surface area contributed by atoms with Gasteiger partial charge in [-0.25, -0.2) is 4.79 Å². The van der Waals surface area contributed by atoms with Crippen molar-refractivity contribution in [2.45, 2.75) is 64.6 Å². The summed E-state index contributed by atoms with van der Waals surface area (Å²) in [6, 6.07) is 0.567. The Labute approximate surface area is 116 Å². The Balaban J connectivity index is 2.24. The van der Waals surface area contributed by atoms with Crippen LogP contribution in [-0.2, 0) is 4.74 Å². The van der Waals surface area contributed by atoms with Crippen molar-refractivity contribution in [1.29, 1.82) is 0 Å². The molecule has 3 N–H and O–H groups in total. The van der Waals surface area contributed by atoms with Crippen molar-refractivity contribution in [3.8, 4) is 0 Å². The second kappa shape index (κ2) is 6.57. The highest BCUT2D eigenvalue weighted by atomic mass is 16.6. The number of carbonyl (C=O) groups is 1. The first-order chi connectivity index (χ1) is 8.68. The van der Waals surface area contributed by atoms with Crippen LogP contribution in [0.5, 0.6) is 0 Å². The molecule has 19 heavy (non-hydrogen) atoms. The van der Waals surface area contributed by atoms with E-state index in [-0.39, 0.29) is 11.6 Å². The van der Waals surface area contributed by atoms with Gasteiger partial charge in [-0.3, -0.25) is 0 Å². The minimum Gasteiger partial charge on any atom is -0.444 e. The topological polar surface area (TPSA) is 62.4 Å². The van der Waals surface area contributed by atoms with Gasteiger partial charge < -0.3 is 20.7 Å². The fourth-order valence-electron chi connectivity index (χ4n) is 2.11. The summed E-state index contributed by atoms with van der Waals surface area (Å²) in [7, 11) is 0. The molecule has 1 saturated heterocycles. The fourth-order valence-corrected chi connectivity index (χ4v) is 2.11. The Hall–Kier alpha value is -0.810. The molecule has 5 heteroatoms. The molecule has 1 atom stereocenters. The van der Waals surface area contributed by atoms with E-state index in [9.17, 15) is 4.79 Å². The third-order valence-corrected chi connectivity index (χ3v) is 2.96. The molecule has 0 aliphatic carbocycles. The second-order valence-electron chi connectivity index (χ2n) is 6.93. The molecular formula is C14H29N3O2. The summed E-state index contributed by atoms with van der Waals surface area (Å²) >= 11 is 0. The van der Waals surface area contributed by atoms with E-state index in [1.165, 1.54) is 12.8 Å². The maximum absolute atomic E-state index is 11.7. The van der Waals surface area contributed by atoms with Gasteiger partial charge in [0.2, 0.25) is 0 Å². The van der Waals surface area contributed by atoms with E-state index in [0.29, 0.717) is 6.04 Å². The van der Waals surface area contributed by atoms with Crippen LogP contribution in [0.1, 0.15) is 47.5 Å². The number of carbonyl (C=O) groups excluding carboxylic acids is 1. The molecule has 1 amide bonds. The zero-order valence-electron chi connectivity index (χ0n) is 12.9. The van der Waals surface area contributed by atoms with Crippen LogP contribution in [0.15, 0.2) is 0 Å². The first-order valence-corrected chi connectivity index (χ1v) is 7.13. The van der Waals surface area contributed by atoms with Gasteiger partial charge in [0, 0.05) is 19.1 Å². The molecule has 1 heterocycles. The monoisotopic (exact) mass is 271 g/mol.